The summed E-state index contributed by atoms with van der Waals surface area (Å²) in [5, 5.41) is 3.59. The number of amides is 1. The van der Waals surface area contributed by atoms with Gasteiger partial charge in [0.1, 0.15) is 10.7 Å². The summed E-state index contributed by atoms with van der Waals surface area (Å²) in [5.74, 6) is 2.13. The molecular formula is C25H31N3O4S. The molecule has 1 aliphatic rings. The van der Waals surface area contributed by atoms with Gasteiger partial charge in [0.05, 0.1) is 23.5 Å². The summed E-state index contributed by atoms with van der Waals surface area (Å²) in [6.45, 7) is 8.05. The van der Waals surface area contributed by atoms with Gasteiger partial charge in [0.15, 0.2) is 11.5 Å². The molecule has 0 fully saturated rings. The third-order valence-electron chi connectivity index (χ3n) is 5.92. The highest BCUT2D eigenvalue weighted by Gasteiger charge is 2.22. The van der Waals surface area contributed by atoms with E-state index >= 15 is 0 Å². The van der Waals surface area contributed by atoms with Gasteiger partial charge in [-0.05, 0) is 63.3 Å². The first-order chi connectivity index (χ1) is 16.0. The normalized spacial score (nSPS) is 13.4. The number of thiophene rings is 1. The maximum atomic E-state index is 13.1. The molecule has 1 amide bonds. The Kier molecular flexibility index (Phi) is 7.33. The van der Waals surface area contributed by atoms with Crippen LogP contribution in [0.2, 0.25) is 0 Å². The summed E-state index contributed by atoms with van der Waals surface area (Å²) in [7, 11) is 0. The molecule has 33 heavy (non-hydrogen) atoms. The molecule has 0 radical (unpaired) electrons. The summed E-state index contributed by atoms with van der Waals surface area (Å²) in [6.07, 6.45) is 4.63. The molecule has 4 rings (SSSR count). The van der Waals surface area contributed by atoms with Crippen LogP contribution in [0.1, 0.15) is 59.7 Å². The molecule has 1 N–H and O–H groups in total. The SMILES string of the molecule is CCOc1ccc(CCNC(=O)c2sc3nc4n(c(=O)c3c2C)CCCCC4)cc1OCC. The summed E-state index contributed by atoms with van der Waals surface area (Å²) < 4.78 is 13.1. The molecule has 3 aromatic rings. The van der Waals surface area contributed by atoms with E-state index in [9.17, 15) is 9.59 Å². The van der Waals surface area contributed by atoms with Crippen molar-refractivity contribution in [1.29, 1.82) is 0 Å². The summed E-state index contributed by atoms with van der Waals surface area (Å²) in [4.78, 5) is 32.0. The van der Waals surface area contributed by atoms with Crippen LogP contribution in [0.4, 0.5) is 0 Å². The zero-order valence-electron chi connectivity index (χ0n) is 19.5. The van der Waals surface area contributed by atoms with Crippen molar-refractivity contribution in [1.82, 2.24) is 14.9 Å². The molecule has 0 atom stereocenters. The molecule has 8 heteroatoms. The fourth-order valence-electron chi connectivity index (χ4n) is 4.28. The lowest BCUT2D eigenvalue weighted by molar-refractivity contribution is 0.0957. The van der Waals surface area contributed by atoms with Crippen LogP contribution >= 0.6 is 11.3 Å². The Hall–Kier alpha value is -2.87. The van der Waals surface area contributed by atoms with Crippen LogP contribution in [0.3, 0.4) is 0 Å². The number of aryl methyl sites for hydroxylation is 2. The maximum Gasteiger partial charge on any atom is 0.262 e. The first kappa shape index (κ1) is 23.3. The molecule has 0 bridgehead atoms. The van der Waals surface area contributed by atoms with Crippen molar-refractivity contribution in [3.63, 3.8) is 0 Å². The lowest BCUT2D eigenvalue weighted by atomic mass is 10.1. The second kappa shape index (κ2) is 10.4. The van der Waals surface area contributed by atoms with Crippen LogP contribution in [0, 0.1) is 6.92 Å². The van der Waals surface area contributed by atoms with E-state index in [-0.39, 0.29) is 11.5 Å². The van der Waals surface area contributed by atoms with Crippen molar-refractivity contribution in [3.05, 3.63) is 50.4 Å². The van der Waals surface area contributed by atoms with E-state index in [2.05, 4.69) is 5.32 Å². The molecule has 0 saturated heterocycles. The Balaban J connectivity index is 1.48. The van der Waals surface area contributed by atoms with E-state index in [1.54, 1.807) is 4.57 Å². The zero-order chi connectivity index (χ0) is 23.4. The highest BCUT2D eigenvalue weighted by atomic mass is 32.1. The Morgan fingerprint density at radius 2 is 1.94 bits per heavy atom. The first-order valence-electron chi connectivity index (χ1n) is 11.7. The monoisotopic (exact) mass is 469 g/mol. The molecule has 3 heterocycles. The van der Waals surface area contributed by atoms with E-state index in [0.29, 0.717) is 47.8 Å². The van der Waals surface area contributed by atoms with Crippen LogP contribution in [0.25, 0.3) is 10.2 Å². The van der Waals surface area contributed by atoms with Crippen molar-refractivity contribution in [2.45, 2.75) is 59.4 Å². The largest absolute Gasteiger partial charge is 0.490 e. The van der Waals surface area contributed by atoms with Crippen LogP contribution in [0.15, 0.2) is 23.0 Å². The predicted octanol–water partition coefficient (Wildman–Crippen LogP) is 4.26. The highest BCUT2D eigenvalue weighted by Crippen LogP contribution is 2.30. The zero-order valence-corrected chi connectivity index (χ0v) is 20.3. The molecule has 176 valence electrons. The smallest absolute Gasteiger partial charge is 0.262 e. The Bertz CT molecular complexity index is 1210. The van der Waals surface area contributed by atoms with Crippen molar-refractivity contribution in [3.8, 4) is 11.5 Å². The van der Waals surface area contributed by atoms with E-state index < -0.39 is 0 Å². The molecule has 0 aliphatic carbocycles. The number of aromatic nitrogens is 2. The van der Waals surface area contributed by atoms with Gasteiger partial charge >= 0.3 is 0 Å². The molecular weight excluding hydrogens is 438 g/mol. The number of hydrogen-bond acceptors (Lipinski definition) is 6. The first-order valence-corrected chi connectivity index (χ1v) is 12.5. The minimum absolute atomic E-state index is 0.0115. The van der Waals surface area contributed by atoms with Crippen molar-refractivity contribution < 1.29 is 14.3 Å². The fraction of sp³-hybridized carbons (Fsp3) is 0.480. The van der Waals surface area contributed by atoms with Gasteiger partial charge in [0.2, 0.25) is 0 Å². The molecule has 2 aromatic heterocycles. The third kappa shape index (κ3) is 4.90. The molecule has 1 aliphatic heterocycles. The number of rotatable bonds is 8. The van der Waals surface area contributed by atoms with Gasteiger partial charge in [-0.25, -0.2) is 4.98 Å². The second-order valence-corrected chi connectivity index (χ2v) is 9.18. The number of benzene rings is 1. The Labute approximate surface area is 197 Å². The third-order valence-corrected chi connectivity index (χ3v) is 7.11. The standard InChI is InChI=1S/C25H31N3O4S/c1-4-31-18-11-10-17(15-19(18)32-5-2)12-13-26-23(29)22-16(3)21-24(33-22)27-20-9-7-6-8-14-28(20)25(21)30/h10-11,15H,4-9,12-14H2,1-3H3,(H,26,29). The molecule has 0 saturated carbocycles. The number of carbonyl (C=O) groups is 1. The van der Waals surface area contributed by atoms with E-state index in [0.717, 1.165) is 54.1 Å². The summed E-state index contributed by atoms with van der Waals surface area (Å²) in [5.41, 5.74) is 1.77. The van der Waals surface area contributed by atoms with Gasteiger partial charge in [-0.15, -0.1) is 11.3 Å². The van der Waals surface area contributed by atoms with Gasteiger partial charge in [0.25, 0.3) is 11.5 Å². The van der Waals surface area contributed by atoms with Gasteiger partial charge in [-0.1, -0.05) is 12.5 Å². The van der Waals surface area contributed by atoms with E-state index in [1.807, 2.05) is 39.0 Å². The fourth-order valence-corrected chi connectivity index (χ4v) is 5.38. The second-order valence-electron chi connectivity index (χ2n) is 8.18. The number of nitrogens with zero attached hydrogens (tertiary/aromatic N) is 2. The number of nitrogens with one attached hydrogen (secondary N) is 1. The highest BCUT2D eigenvalue weighted by molar-refractivity contribution is 7.20. The van der Waals surface area contributed by atoms with Crippen molar-refractivity contribution in [2.24, 2.45) is 0 Å². The molecule has 0 spiro atoms. The number of carbonyl (C=O) groups excluding carboxylic acids is 1. The van der Waals surface area contributed by atoms with Crippen LogP contribution in [-0.2, 0) is 19.4 Å². The average Bonchev–Trinajstić information content (AvgIpc) is 2.96. The topological polar surface area (TPSA) is 82.5 Å². The van der Waals surface area contributed by atoms with Crippen molar-refractivity contribution in [2.75, 3.05) is 19.8 Å². The predicted molar refractivity (Wildman–Crippen MR) is 131 cm³/mol. The lowest BCUT2D eigenvalue weighted by Crippen LogP contribution is -2.26. The van der Waals surface area contributed by atoms with Gasteiger partial charge in [-0.2, -0.15) is 0 Å². The Morgan fingerprint density at radius 3 is 2.73 bits per heavy atom. The van der Waals surface area contributed by atoms with Crippen LogP contribution in [-0.4, -0.2) is 35.2 Å². The quantitative estimate of drug-likeness (QED) is 0.533. The molecule has 7 nitrogen and oxygen atoms in total. The van der Waals surface area contributed by atoms with Gasteiger partial charge < -0.3 is 14.8 Å². The van der Waals surface area contributed by atoms with Crippen LogP contribution in [0.5, 0.6) is 11.5 Å². The number of fused-ring (bicyclic) bond motifs is 2. The van der Waals surface area contributed by atoms with E-state index in [4.69, 9.17) is 14.5 Å². The molecule has 0 unspecified atom stereocenters. The maximum absolute atomic E-state index is 13.1. The van der Waals surface area contributed by atoms with Crippen LogP contribution < -0.4 is 20.3 Å². The summed E-state index contributed by atoms with van der Waals surface area (Å²) >= 11 is 1.32. The minimum atomic E-state index is -0.161. The number of ether oxygens (including phenoxy) is 2. The molecule has 1 aromatic carbocycles. The van der Waals surface area contributed by atoms with E-state index in [1.165, 1.54) is 11.3 Å². The summed E-state index contributed by atoms with van der Waals surface area (Å²) in [6, 6.07) is 5.86. The lowest BCUT2D eigenvalue weighted by Gasteiger charge is -2.12. The minimum Gasteiger partial charge on any atom is -0.490 e. The average molecular weight is 470 g/mol. The van der Waals surface area contributed by atoms with Crippen molar-refractivity contribution >= 4 is 27.5 Å². The van der Waals surface area contributed by atoms with Gasteiger partial charge in [-0.3, -0.25) is 14.2 Å². The van der Waals surface area contributed by atoms with Gasteiger partial charge in [0, 0.05) is 19.5 Å². The Morgan fingerprint density at radius 1 is 1.15 bits per heavy atom. The number of hydrogen-bond donors (Lipinski definition) is 1.